The highest BCUT2D eigenvalue weighted by atomic mass is 32.1. The maximum Gasteiger partial charge on any atom is 0.146 e. The third kappa shape index (κ3) is 4.75. The molecule has 10 radical (unpaired) electrons. The van der Waals surface area contributed by atoms with Gasteiger partial charge < -0.3 is 0 Å². The van der Waals surface area contributed by atoms with Crippen LogP contribution in [0.1, 0.15) is 0 Å². The summed E-state index contributed by atoms with van der Waals surface area (Å²) in [6, 6.07) is 48.9. The molecular formula is C45H23B5N2S. The molecule has 0 atom stereocenters. The van der Waals surface area contributed by atoms with E-state index in [0.717, 1.165) is 66.3 Å². The van der Waals surface area contributed by atoms with Crippen LogP contribution in [-0.4, -0.2) is 48.8 Å². The van der Waals surface area contributed by atoms with Crippen molar-refractivity contribution in [3.05, 3.63) is 140 Å². The van der Waals surface area contributed by atoms with Gasteiger partial charge in [0.2, 0.25) is 0 Å². The molecule has 2 aromatic heterocycles. The molecule has 10 aromatic rings. The number of para-hydroxylation sites is 3. The van der Waals surface area contributed by atoms with Gasteiger partial charge in [-0.1, -0.05) is 108 Å². The lowest BCUT2D eigenvalue weighted by Crippen LogP contribution is -2.55. The average molecular weight is 678 g/mol. The van der Waals surface area contributed by atoms with E-state index < -0.39 is 0 Å². The molecule has 10 rings (SSSR count). The van der Waals surface area contributed by atoms with E-state index in [4.69, 9.17) is 44.2 Å². The monoisotopic (exact) mass is 678 g/mol. The van der Waals surface area contributed by atoms with Crippen molar-refractivity contribution in [3.63, 3.8) is 0 Å². The summed E-state index contributed by atoms with van der Waals surface area (Å²) < 4.78 is 4.72. The first-order chi connectivity index (χ1) is 25.9. The summed E-state index contributed by atoms with van der Waals surface area (Å²) >= 11 is 1.81. The topological polar surface area (TPSA) is 17.8 Å². The number of thiophene rings is 1. The Morgan fingerprint density at radius 2 is 1.06 bits per heavy atom. The molecule has 0 aliphatic carbocycles. The van der Waals surface area contributed by atoms with Crippen molar-refractivity contribution < 1.29 is 0 Å². The van der Waals surface area contributed by atoms with E-state index in [1.807, 2.05) is 18.2 Å². The molecule has 53 heavy (non-hydrogen) atoms. The fourth-order valence-electron chi connectivity index (χ4n) is 8.04. The van der Waals surface area contributed by atoms with E-state index >= 15 is 0 Å². The third-order valence-electron chi connectivity index (χ3n) is 10.5. The van der Waals surface area contributed by atoms with Gasteiger partial charge in [0.25, 0.3) is 0 Å². The lowest BCUT2D eigenvalue weighted by atomic mass is 9.59. The fraction of sp³-hybridized carbons (Fsp3) is 0. The minimum atomic E-state index is 0.189. The SMILES string of the molecule is [B]c1c([B])c([B])c(-c2ccc3c(-c4nc5ccccc5n4-c4ccccc4)c4ccccc4c(-c4cccc5sc6ccccc6c45)c3c2)c([B])c1[B]. The van der Waals surface area contributed by atoms with Crippen LogP contribution in [0, 0.1) is 0 Å². The van der Waals surface area contributed by atoms with E-state index in [1.165, 1.54) is 20.2 Å². The van der Waals surface area contributed by atoms with Crippen LogP contribution >= 0.6 is 11.3 Å². The molecule has 0 aliphatic heterocycles. The molecule has 8 aromatic carbocycles. The summed E-state index contributed by atoms with van der Waals surface area (Å²) in [6.07, 6.45) is 0. The Balaban J connectivity index is 1.41. The molecule has 0 aliphatic rings. The van der Waals surface area contributed by atoms with Gasteiger partial charge in [-0.3, -0.25) is 4.57 Å². The summed E-state index contributed by atoms with van der Waals surface area (Å²) in [7, 11) is 32.4. The maximum absolute atomic E-state index is 6.69. The summed E-state index contributed by atoms with van der Waals surface area (Å²) in [6.45, 7) is 0. The number of imidazole rings is 1. The predicted molar refractivity (Wildman–Crippen MR) is 232 cm³/mol. The molecule has 0 amide bonds. The summed E-state index contributed by atoms with van der Waals surface area (Å²) in [4.78, 5) is 5.36. The zero-order chi connectivity index (χ0) is 36.0. The molecule has 0 unspecified atom stereocenters. The maximum atomic E-state index is 6.69. The molecule has 2 heterocycles. The first-order valence-electron chi connectivity index (χ1n) is 17.3. The van der Waals surface area contributed by atoms with Gasteiger partial charge in [-0.2, -0.15) is 0 Å². The van der Waals surface area contributed by atoms with Gasteiger partial charge in [0.1, 0.15) is 45.1 Å². The van der Waals surface area contributed by atoms with Crippen molar-refractivity contribution >= 4 is 131 Å². The van der Waals surface area contributed by atoms with Gasteiger partial charge in [-0.25, -0.2) is 4.98 Å². The fourth-order valence-corrected chi connectivity index (χ4v) is 9.17. The van der Waals surface area contributed by atoms with E-state index in [1.54, 1.807) is 11.3 Å². The van der Waals surface area contributed by atoms with Gasteiger partial charge in [0.15, 0.2) is 0 Å². The van der Waals surface area contributed by atoms with Gasteiger partial charge >= 0.3 is 0 Å². The summed E-state index contributed by atoms with van der Waals surface area (Å²) in [5.74, 6) is 0.845. The zero-order valence-electron chi connectivity index (χ0n) is 28.5. The van der Waals surface area contributed by atoms with Gasteiger partial charge in [0, 0.05) is 31.4 Å². The van der Waals surface area contributed by atoms with Gasteiger partial charge in [-0.15, -0.1) is 27.7 Å². The minimum absolute atomic E-state index is 0.189. The number of aromatic nitrogens is 2. The van der Waals surface area contributed by atoms with Crippen LogP contribution in [0.2, 0.25) is 0 Å². The van der Waals surface area contributed by atoms with Crippen LogP contribution in [0.25, 0.3) is 92.1 Å². The summed E-state index contributed by atoms with van der Waals surface area (Å²) in [5.41, 5.74) is 8.79. The van der Waals surface area contributed by atoms with E-state index in [2.05, 4.69) is 126 Å². The molecule has 2 nitrogen and oxygen atoms in total. The molecule has 0 saturated carbocycles. The second-order valence-corrected chi connectivity index (χ2v) is 14.5. The highest BCUT2D eigenvalue weighted by Gasteiger charge is 2.24. The first kappa shape index (κ1) is 32.0. The van der Waals surface area contributed by atoms with E-state index in [-0.39, 0.29) is 16.4 Å². The van der Waals surface area contributed by atoms with Gasteiger partial charge in [0.05, 0.1) is 11.0 Å². The third-order valence-corrected chi connectivity index (χ3v) is 11.6. The van der Waals surface area contributed by atoms with Crippen LogP contribution < -0.4 is 27.3 Å². The molecule has 0 N–H and O–H groups in total. The second-order valence-electron chi connectivity index (χ2n) is 13.4. The van der Waals surface area contributed by atoms with Crippen molar-refractivity contribution in [1.29, 1.82) is 0 Å². The minimum Gasteiger partial charge on any atom is -0.292 e. The van der Waals surface area contributed by atoms with Crippen molar-refractivity contribution in [2.75, 3.05) is 0 Å². The highest BCUT2D eigenvalue weighted by molar-refractivity contribution is 7.26. The van der Waals surface area contributed by atoms with Crippen LogP contribution in [0.15, 0.2) is 140 Å². The van der Waals surface area contributed by atoms with Gasteiger partial charge in [-0.05, 0) is 86.3 Å². The Bertz CT molecular complexity index is 3100. The van der Waals surface area contributed by atoms with Crippen LogP contribution in [-0.2, 0) is 0 Å². The van der Waals surface area contributed by atoms with Crippen molar-refractivity contribution in [2.45, 2.75) is 0 Å². The van der Waals surface area contributed by atoms with Crippen molar-refractivity contribution in [1.82, 2.24) is 9.55 Å². The highest BCUT2D eigenvalue weighted by Crippen LogP contribution is 2.48. The summed E-state index contributed by atoms with van der Waals surface area (Å²) in [5, 5.41) is 6.66. The average Bonchev–Trinajstić information content (AvgIpc) is 3.78. The standard InChI is InChI=1S/C45H23B5N2S/c46-40-36(41(47)43(49)44(50)42(40)48)24-21-22-28-31(23-24)37(30-16-10-20-35-38(30)29-15-6-9-19-34(29)53-35)26-13-4-5-14-27(26)39(28)45-51-32-17-7-8-18-33(32)52(45)25-11-2-1-3-12-25/h1-23H. The lowest BCUT2D eigenvalue weighted by Gasteiger charge is -2.23. The predicted octanol–water partition coefficient (Wildman–Crippen LogP) is 6.67. The number of rotatable bonds is 4. The van der Waals surface area contributed by atoms with Crippen LogP contribution in [0.4, 0.5) is 0 Å². The number of fused-ring (bicyclic) bond motifs is 6. The smallest absolute Gasteiger partial charge is 0.146 e. The normalized spacial score (nSPS) is 11.8. The zero-order valence-corrected chi connectivity index (χ0v) is 29.3. The number of hydrogen-bond donors (Lipinski definition) is 0. The molecule has 8 heteroatoms. The van der Waals surface area contributed by atoms with Crippen LogP contribution in [0.5, 0.6) is 0 Å². The largest absolute Gasteiger partial charge is 0.292 e. The number of nitrogens with zero attached hydrogens (tertiary/aromatic N) is 2. The molecule has 0 bridgehead atoms. The van der Waals surface area contributed by atoms with Crippen molar-refractivity contribution in [3.8, 4) is 39.3 Å². The Kier molecular flexibility index (Phi) is 7.35. The molecule has 0 fully saturated rings. The quantitative estimate of drug-likeness (QED) is 0.150. The Labute approximate surface area is 317 Å². The second kappa shape index (κ2) is 12.2. The first-order valence-corrected chi connectivity index (χ1v) is 18.2. The number of benzene rings is 8. The molecule has 0 spiro atoms. The van der Waals surface area contributed by atoms with E-state index in [0.29, 0.717) is 16.5 Å². The molecule has 0 saturated heterocycles. The van der Waals surface area contributed by atoms with Crippen LogP contribution in [0.3, 0.4) is 0 Å². The number of hydrogen-bond acceptors (Lipinski definition) is 2. The Hall–Kier alpha value is -5.71. The lowest BCUT2D eigenvalue weighted by molar-refractivity contribution is 1.11. The van der Waals surface area contributed by atoms with Crippen molar-refractivity contribution in [2.24, 2.45) is 0 Å². The Morgan fingerprint density at radius 3 is 1.83 bits per heavy atom. The Morgan fingerprint density at radius 1 is 0.453 bits per heavy atom. The van der Waals surface area contributed by atoms with E-state index in [9.17, 15) is 0 Å². The molecular weight excluding hydrogens is 655 g/mol. The molecule has 234 valence electrons.